The topological polar surface area (TPSA) is 81.1 Å². The summed E-state index contributed by atoms with van der Waals surface area (Å²) >= 11 is 0. The molecule has 5 nitrogen and oxygen atoms in total. The molecule has 1 aliphatic carbocycles. The molecule has 0 atom stereocenters. The molecule has 2 aromatic rings. The van der Waals surface area contributed by atoms with Crippen molar-refractivity contribution >= 4 is 11.7 Å². The summed E-state index contributed by atoms with van der Waals surface area (Å²) in [6.07, 6.45) is 2.65. The Bertz CT molecular complexity index is 714. The van der Waals surface area contributed by atoms with Crippen LogP contribution in [0.1, 0.15) is 47.6 Å². The van der Waals surface area contributed by atoms with Gasteiger partial charge < -0.3 is 10.8 Å². The molecule has 22 heavy (non-hydrogen) atoms. The lowest BCUT2D eigenvalue weighted by Crippen LogP contribution is -2.23. The minimum Gasteiger partial charge on any atom is -0.477 e. The van der Waals surface area contributed by atoms with Crippen LogP contribution in [0.4, 0.5) is 5.69 Å². The van der Waals surface area contributed by atoms with E-state index in [0.717, 1.165) is 36.1 Å². The van der Waals surface area contributed by atoms with Crippen LogP contribution in [-0.2, 0) is 19.4 Å². The van der Waals surface area contributed by atoms with Gasteiger partial charge in [0.1, 0.15) is 5.69 Å². The molecule has 1 aromatic carbocycles. The summed E-state index contributed by atoms with van der Waals surface area (Å²) in [6, 6.07) is 7.46. The Morgan fingerprint density at radius 3 is 2.68 bits per heavy atom. The van der Waals surface area contributed by atoms with Crippen molar-refractivity contribution in [3.05, 3.63) is 46.8 Å². The maximum absolute atomic E-state index is 11.7. The van der Waals surface area contributed by atoms with E-state index in [4.69, 9.17) is 5.73 Å². The molecule has 0 aliphatic heterocycles. The molecular weight excluding hydrogens is 278 g/mol. The summed E-state index contributed by atoms with van der Waals surface area (Å²) in [7, 11) is 0. The molecule has 0 fully saturated rings. The van der Waals surface area contributed by atoms with Crippen molar-refractivity contribution in [2.45, 2.75) is 39.7 Å². The van der Waals surface area contributed by atoms with Crippen LogP contribution < -0.4 is 5.73 Å². The van der Waals surface area contributed by atoms with Crippen molar-refractivity contribution < 1.29 is 9.90 Å². The average molecular weight is 299 g/mol. The molecule has 0 radical (unpaired) electrons. The van der Waals surface area contributed by atoms with E-state index in [-0.39, 0.29) is 5.41 Å². The second-order valence-electron chi connectivity index (χ2n) is 6.82. The number of nitrogens with two attached hydrogens (primary N) is 1. The third-order valence-electron chi connectivity index (χ3n) is 4.34. The molecule has 5 heteroatoms. The largest absolute Gasteiger partial charge is 0.477 e. The smallest absolute Gasteiger partial charge is 0.354 e. The molecule has 0 amide bonds. The van der Waals surface area contributed by atoms with Gasteiger partial charge in [-0.2, -0.15) is 5.10 Å². The fourth-order valence-corrected chi connectivity index (χ4v) is 3.11. The maximum Gasteiger partial charge on any atom is 0.354 e. The molecule has 0 bridgehead atoms. The van der Waals surface area contributed by atoms with Crippen LogP contribution in [0.15, 0.2) is 24.3 Å². The maximum atomic E-state index is 11.7. The van der Waals surface area contributed by atoms with E-state index < -0.39 is 5.97 Å². The van der Waals surface area contributed by atoms with Gasteiger partial charge in [0.15, 0.2) is 0 Å². The van der Waals surface area contributed by atoms with Crippen LogP contribution in [0, 0.1) is 5.41 Å². The standard InChI is InChI=1S/C17H21N3O2/c1-17(2)8-7-14-13(9-17)15(16(21)22)20(19-14)10-11-3-5-12(18)6-4-11/h3-6H,7-10,18H2,1-2H3,(H,21,22). The number of anilines is 1. The summed E-state index contributed by atoms with van der Waals surface area (Å²) in [4.78, 5) is 11.7. The minimum absolute atomic E-state index is 0.131. The van der Waals surface area contributed by atoms with Crippen LogP contribution >= 0.6 is 0 Å². The van der Waals surface area contributed by atoms with Gasteiger partial charge in [0.05, 0.1) is 12.2 Å². The Labute approximate surface area is 129 Å². The van der Waals surface area contributed by atoms with Gasteiger partial charge in [-0.1, -0.05) is 26.0 Å². The summed E-state index contributed by atoms with van der Waals surface area (Å²) < 4.78 is 1.62. The van der Waals surface area contributed by atoms with Gasteiger partial charge in [-0.3, -0.25) is 4.68 Å². The van der Waals surface area contributed by atoms with Gasteiger partial charge in [0.2, 0.25) is 0 Å². The third kappa shape index (κ3) is 2.71. The number of hydrogen-bond acceptors (Lipinski definition) is 3. The van der Waals surface area contributed by atoms with E-state index in [9.17, 15) is 9.90 Å². The Morgan fingerprint density at radius 1 is 1.36 bits per heavy atom. The number of rotatable bonds is 3. The lowest BCUT2D eigenvalue weighted by molar-refractivity contribution is 0.0682. The fraction of sp³-hybridized carbons (Fsp3) is 0.412. The number of aryl methyl sites for hydroxylation is 1. The van der Waals surface area contributed by atoms with Crippen LogP contribution in [0.2, 0.25) is 0 Å². The average Bonchev–Trinajstić information content (AvgIpc) is 2.77. The number of carboxylic acids is 1. The van der Waals surface area contributed by atoms with Gasteiger partial charge in [-0.15, -0.1) is 0 Å². The van der Waals surface area contributed by atoms with Crippen molar-refractivity contribution in [1.82, 2.24) is 9.78 Å². The number of aromatic nitrogens is 2. The number of aromatic carboxylic acids is 1. The molecule has 3 rings (SSSR count). The molecule has 1 heterocycles. The Balaban J connectivity index is 2.00. The third-order valence-corrected chi connectivity index (χ3v) is 4.34. The van der Waals surface area contributed by atoms with E-state index in [1.165, 1.54) is 0 Å². The van der Waals surface area contributed by atoms with E-state index >= 15 is 0 Å². The lowest BCUT2D eigenvalue weighted by atomic mass is 9.76. The zero-order valence-corrected chi connectivity index (χ0v) is 13.0. The monoisotopic (exact) mass is 299 g/mol. The number of fused-ring (bicyclic) bond motifs is 1. The van der Waals surface area contributed by atoms with Gasteiger partial charge in [0, 0.05) is 11.3 Å². The van der Waals surface area contributed by atoms with E-state index in [1.54, 1.807) is 4.68 Å². The Morgan fingerprint density at radius 2 is 2.05 bits per heavy atom. The van der Waals surface area contributed by atoms with E-state index in [1.807, 2.05) is 24.3 Å². The van der Waals surface area contributed by atoms with E-state index in [2.05, 4.69) is 18.9 Å². The highest BCUT2D eigenvalue weighted by Gasteiger charge is 2.32. The van der Waals surface area contributed by atoms with Crippen molar-refractivity contribution in [2.75, 3.05) is 5.73 Å². The number of carbonyl (C=O) groups is 1. The minimum atomic E-state index is -0.901. The number of nitrogen functional groups attached to an aromatic ring is 1. The van der Waals surface area contributed by atoms with Crippen molar-refractivity contribution in [3.8, 4) is 0 Å². The first-order valence-corrected chi connectivity index (χ1v) is 7.52. The van der Waals surface area contributed by atoms with Gasteiger partial charge in [-0.25, -0.2) is 4.79 Å². The number of benzene rings is 1. The predicted octanol–water partition coefficient (Wildman–Crippen LogP) is 2.73. The number of hydrogen-bond donors (Lipinski definition) is 2. The van der Waals surface area contributed by atoms with Gasteiger partial charge in [0.25, 0.3) is 0 Å². The van der Waals surface area contributed by atoms with Crippen LogP contribution in [0.3, 0.4) is 0 Å². The Hall–Kier alpha value is -2.30. The molecule has 0 unspecified atom stereocenters. The quantitative estimate of drug-likeness (QED) is 0.854. The first kappa shape index (κ1) is 14.6. The zero-order chi connectivity index (χ0) is 15.9. The number of carboxylic acid groups (broad SMARTS) is 1. The molecule has 1 aromatic heterocycles. The molecule has 0 spiro atoms. The van der Waals surface area contributed by atoms with Crippen LogP contribution in [0.5, 0.6) is 0 Å². The van der Waals surface area contributed by atoms with Crippen molar-refractivity contribution in [3.63, 3.8) is 0 Å². The molecule has 0 saturated heterocycles. The number of nitrogens with zero attached hydrogens (tertiary/aromatic N) is 2. The lowest BCUT2D eigenvalue weighted by Gasteiger charge is -2.28. The SMILES string of the molecule is CC1(C)CCc2nn(Cc3ccc(N)cc3)c(C(=O)O)c2C1. The second kappa shape index (κ2) is 5.16. The summed E-state index contributed by atoms with van der Waals surface area (Å²) in [5.41, 5.74) is 9.69. The van der Waals surface area contributed by atoms with Gasteiger partial charge >= 0.3 is 5.97 Å². The highest BCUT2D eigenvalue weighted by Crippen LogP contribution is 2.36. The summed E-state index contributed by atoms with van der Waals surface area (Å²) in [5, 5.41) is 14.2. The van der Waals surface area contributed by atoms with Crippen LogP contribution in [0.25, 0.3) is 0 Å². The molecule has 0 saturated carbocycles. The normalized spacial score (nSPS) is 16.3. The molecule has 1 aliphatic rings. The summed E-state index contributed by atoms with van der Waals surface area (Å²) in [5.74, 6) is -0.901. The van der Waals surface area contributed by atoms with Crippen LogP contribution in [-0.4, -0.2) is 20.9 Å². The first-order valence-electron chi connectivity index (χ1n) is 7.52. The Kier molecular flexibility index (Phi) is 3.43. The zero-order valence-electron chi connectivity index (χ0n) is 13.0. The molecular formula is C17H21N3O2. The first-order chi connectivity index (χ1) is 10.4. The fourth-order valence-electron chi connectivity index (χ4n) is 3.11. The highest BCUT2D eigenvalue weighted by molar-refractivity contribution is 5.88. The predicted molar refractivity (Wildman–Crippen MR) is 84.9 cm³/mol. The van der Waals surface area contributed by atoms with Gasteiger partial charge in [-0.05, 0) is 42.4 Å². The highest BCUT2D eigenvalue weighted by atomic mass is 16.4. The molecule has 3 N–H and O–H groups in total. The van der Waals surface area contributed by atoms with E-state index in [0.29, 0.717) is 17.9 Å². The molecule has 116 valence electrons. The second-order valence-corrected chi connectivity index (χ2v) is 6.82. The van der Waals surface area contributed by atoms with Crippen molar-refractivity contribution in [2.24, 2.45) is 5.41 Å². The summed E-state index contributed by atoms with van der Waals surface area (Å²) in [6.45, 7) is 4.81. The van der Waals surface area contributed by atoms with Crippen molar-refractivity contribution in [1.29, 1.82) is 0 Å².